The molecule has 0 radical (unpaired) electrons. The van der Waals surface area contributed by atoms with Crippen molar-refractivity contribution >= 4 is 28.5 Å². The molecule has 2 N–H and O–H groups in total. The Morgan fingerprint density at radius 3 is 2.50 bits per heavy atom. The number of pyridine rings is 1. The zero-order valence-electron chi connectivity index (χ0n) is 21.6. The maximum atomic E-state index is 4.88. The van der Waals surface area contributed by atoms with Crippen molar-refractivity contribution in [3.8, 4) is 11.1 Å². The van der Waals surface area contributed by atoms with Crippen molar-refractivity contribution in [2.24, 2.45) is 5.41 Å². The first-order valence-electron chi connectivity index (χ1n) is 13.8. The molecule has 2 saturated heterocycles. The molecule has 1 aliphatic carbocycles. The first-order chi connectivity index (χ1) is 18.8. The van der Waals surface area contributed by atoms with E-state index in [1.165, 1.54) is 50.0 Å². The molecule has 2 fully saturated rings. The van der Waals surface area contributed by atoms with E-state index < -0.39 is 0 Å². The Labute approximate surface area is 222 Å². The van der Waals surface area contributed by atoms with Gasteiger partial charge in [0.1, 0.15) is 12.1 Å². The first-order valence-corrected chi connectivity index (χ1v) is 13.8. The highest BCUT2D eigenvalue weighted by Crippen LogP contribution is 2.40. The van der Waals surface area contributed by atoms with E-state index in [4.69, 9.17) is 10.1 Å². The number of fused-ring (bicyclic) bond motifs is 1. The summed E-state index contributed by atoms with van der Waals surface area (Å²) in [5.74, 6) is 1.26. The third-order valence-electron chi connectivity index (χ3n) is 8.58. The zero-order valence-corrected chi connectivity index (χ0v) is 21.6. The minimum Gasteiger partial charge on any atom is -0.370 e. The van der Waals surface area contributed by atoms with Crippen molar-refractivity contribution in [1.29, 1.82) is 0 Å². The van der Waals surface area contributed by atoms with Crippen LogP contribution in [0.1, 0.15) is 50.6 Å². The Hall–Kier alpha value is -3.85. The molecule has 9 nitrogen and oxygen atoms in total. The average Bonchev–Trinajstić information content (AvgIpc) is 3.63. The summed E-state index contributed by atoms with van der Waals surface area (Å²) < 4.78 is 1.99. The third kappa shape index (κ3) is 4.41. The molecule has 2 aliphatic heterocycles. The monoisotopic (exact) mass is 507 g/mol. The number of hydrogen-bond acceptors (Lipinski definition) is 8. The molecule has 6 heterocycles. The van der Waals surface area contributed by atoms with Gasteiger partial charge in [0.15, 0.2) is 0 Å². The molecule has 0 atom stereocenters. The van der Waals surface area contributed by atoms with Gasteiger partial charge in [-0.1, -0.05) is 6.08 Å². The number of allylic oxidation sites excluding steroid dienone is 2. The van der Waals surface area contributed by atoms with E-state index in [1.807, 2.05) is 35.4 Å². The van der Waals surface area contributed by atoms with E-state index in [9.17, 15) is 0 Å². The van der Waals surface area contributed by atoms with E-state index in [-0.39, 0.29) is 0 Å². The van der Waals surface area contributed by atoms with Crippen LogP contribution in [0.2, 0.25) is 0 Å². The summed E-state index contributed by atoms with van der Waals surface area (Å²) in [5.41, 5.74) is 7.15. The molecule has 4 aromatic rings. The van der Waals surface area contributed by atoms with Crippen LogP contribution in [0.3, 0.4) is 0 Å². The number of hydrogen-bond donors (Lipinski definition) is 2. The Morgan fingerprint density at radius 1 is 0.921 bits per heavy atom. The molecule has 9 heteroatoms. The Bertz CT molecular complexity index is 1440. The van der Waals surface area contributed by atoms with E-state index in [2.05, 4.69) is 48.7 Å². The molecule has 7 rings (SSSR count). The van der Waals surface area contributed by atoms with Crippen molar-refractivity contribution in [3.05, 3.63) is 61.1 Å². The molecule has 1 spiro atoms. The minimum atomic E-state index is 0.523. The summed E-state index contributed by atoms with van der Waals surface area (Å²) >= 11 is 0. The standard InChI is InChI=1S/C29H33N9/c1-2-4-21(3-1)27-25(22-16-31-20-32-17-22)15-24-19-34-28(36-38(24)27)35-26-6-5-23(18-33-26)37-13-9-29(10-14-37)7-11-30-12-8-29/h3,5-6,15-20,30H,1-2,4,7-14H2,(H,33,35,36). The number of anilines is 3. The van der Waals surface area contributed by atoms with Crippen LogP contribution in [0.4, 0.5) is 17.5 Å². The highest BCUT2D eigenvalue weighted by atomic mass is 15.3. The van der Waals surface area contributed by atoms with Crippen LogP contribution in [0.5, 0.6) is 0 Å². The second kappa shape index (κ2) is 9.79. The second-order valence-electron chi connectivity index (χ2n) is 10.8. The summed E-state index contributed by atoms with van der Waals surface area (Å²) in [4.78, 5) is 20.2. The van der Waals surface area contributed by atoms with Crippen LogP contribution in [-0.4, -0.2) is 55.7 Å². The summed E-state index contributed by atoms with van der Waals surface area (Å²) in [5, 5.41) is 11.7. The number of nitrogens with one attached hydrogen (secondary N) is 2. The molecule has 194 valence electrons. The third-order valence-corrected chi connectivity index (χ3v) is 8.58. The topological polar surface area (TPSA) is 96.2 Å². The second-order valence-corrected chi connectivity index (χ2v) is 10.8. The lowest BCUT2D eigenvalue weighted by molar-refractivity contribution is 0.155. The smallest absolute Gasteiger partial charge is 0.246 e. The highest BCUT2D eigenvalue weighted by molar-refractivity contribution is 5.84. The van der Waals surface area contributed by atoms with E-state index in [0.717, 1.165) is 60.5 Å². The van der Waals surface area contributed by atoms with Crippen molar-refractivity contribution in [3.63, 3.8) is 0 Å². The largest absolute Gasteiger partial charge is 0.370 e. The minimum absolute atomic E-state index is 0.523. The highest BCUT2D eigenvalue weighted by Gasteiger charge is 2.35. The fraction of sp³-hybridized carbons (Fsp3) is 0.414. The zero-order chi connectivity index (χ0) is 25.4. The lowest BCUT2D eigenvalue weighted by Gasteiger charge is -2.45. The molecule has 0 bridgehead atoms. The van der Waals surface area contributed by atoms with Crippen LogP contribution >= 0.6 is 0 Å². The number of piperidine rings is 2. The van der Waals surface area contributed by atoms with Crippen molar-refractivity contribution in [2.75, 3.05) is 36.4 Å². The maximum Gasteiger partial charge on any atom is 0.246 e. The number of aromatic nitrogens is 6. The van der Waals surface area contributed by atoms with Gasteiger partial charge in [-0.25, -0.2) is 24.5 Å². The molecule has 38 heavy (non-hydrogen) atoms. The van der Waals surface area contributed by atoms with Gasteiger partial charge in [-0.2, -0.15) is 0 Å². The van der Waals surface area contributed by atoms with E-state index in [1.54, 1.807) is 6.33 Å². The van der Waals surface area contributed by atoms with Gasteiger partial charge in [0.05, 0.1) is 29.3 Å². The summed E-state index contributed by atoms with van der Waals surface area (Å²) in [6.45, 7) is 4.55. The molecule has 0 saturated carbocycles. The van der Waals surface area contributed by atoms with Crippen molar-refractivity contribution in [2.45, 2.75) is 44.9 Å². The molecular weight excluding hydrogens is 474 g/mol. The lowest BCUT2D eigenvalue weighted by atomic mass is 9.71. The van der Waals surface area contributed by atoms with Gasteiger partial charge in [-0.15, -0.1) is 5.10 Å². The van der Waals surface area contributed by atoms with Crippen LogP contribution in [0.25, 0.3) is 22.2 Å². The number of nitrogens with zero attached hydrogens (tertiary/aromatic N) is 7. The van der Waals surface area contributed by atoms with Crippen LogP contribution in [-0.2, 0) is 0 Å². The number of rotatable bonds is 5. The van der Waals surface area contributed by atoms with Gasteiger partial charge in [-0.3, -0.25) is 0 Å². The quantitative estimate of drug-likeness (QED) is 0.395. The molecular formula is C29H33N9. The molecule has 4 aromatic heterocycles. The molecule has 3 aliphatic rings. The van der Waals surface area contributed by atoms with Gasteiger partial charge >= 0.3 is 0 Å². The van der Waals surface area contributed by atoms with Gasteiger partial charge in [0, 0.05) is 36.6 Å². The SMILES string of the molecule is C1=C(c2c(-c3cncnc3)cc3cnc(Nc4ccc(N5CCC6(CCNCC6)CC5)cn4)nn23)CCC1. The fourth-order valence-electron chi connectivity index (χ4n) is 6.34. The van der Waals surface area contributed by atoms with Crippen molar-refractivity contribution in [1.82, 2.24) is 34.9 Å². The van der Waals surface area contributed by atoms with Crippen LogP contribution in [0, 0.1) is 5.41 Å². The van der Waals surface area contributed by atoms with Gasteiger partial charge in [0.2, 0.25) is 5.95 Å². The first kappa shape index (κ1) is 23.3. The average molecular weight is 508 g/mol. The van der Waals surface area contributed by atoms with Crippen LogP contribution in [0.15, 0.2) is 55.4 Å². The maximum absolute atomic E-state index is 4.88. The van der Waals surface area contributed by atoms with Crippen LogP contribution < -0.4 is 15.5 Å². The fourth-order valence-corrected chi connectivity index (χ4v) is 6.34. The normalized spacial score (nSPS) is 19.2. The Balaban J connectivity index is 1.11. The van der Waals surface area contributed by atoms with E-state index in [0.29, 0.717) is 11.4 Å². The summed E-state index contributed by atoms with van der Waals surface area (Å²) in [6.07, 6.45) is 19.9. The Morgan fingerprint density at radius 2 is 1.76 bits per heavy atom. The predicted octanol–water partition coefficient (Wildman–Crippen LogP) is 4.86. The summed E-state index contributed by atoms with van der Waals surface area (Å²) in [6, 6.07) is 6.31. The Kier molecular flexibility index (Phi) is 6.00. The van der Waals surface area contributed by atoms with Gasteiger partial charge in [0.25, 0.3) is 0 Å². The summed E-state index contributed by atoms with van der Waals surface area (Å²) in [7, 11) is 0. The molecule has 0 unspecified atom stereocenters. The predicted molar refractivity (Wildman–Crippen MR) is 149 cm³/mol. The molecule has 0 amide bonds. The van der Waals surface area contributed by atoms with E-state index >= 15 is 0 Å². The molecule has 0 aromatic carbocycles. The lowest BCUT2D eigenvalue weighted by Crippen LogP contribution is -2.45. The van der Waals surface area contributed by atoms with Gasteiger partial charge < -0.3 is 15.5 Å². The van der Waals surface area contributed by atoms with Crippen molar-refractivity contribution < 1.29 is 0 Å². The van der Waals surface area contributed by atoms with Gasteiger partial charge in [-0.05, 0) is 87.2 Å².